The van der Waals surface area contributed by atoms with Crippen LogP contribution in [-0.2, 0) is 23.1 Å². The zero-order valence-corrected chi connectivity index (χ0v) is 15.6. The van der Waals surface area contributed by atoms with Gasteiger partial charge in [-0.2, -0.15) is 0 Å². The number of barbiturate groups is 1. The fraction of sp³-hybridized carbons (Fsp3) is 0.136. The molecule has 1 aliphatic rings. The highest BCUT2D eigenvalue weighted by atomic mass is 16.2. The van der Waals surface area contributed by atoms with Gasteiger partial charge >= 0.3 is 6.03 Å². The zero-order chi connectivity index (χ0) is 19.8. The summed E-state index contributed by atoms with van der Waals surface area (Å²) in [6.45, 7) is 1.95. The molecule has 6 heteroatoms. The molecule has 2 aromatic carbocycles. The minimum absolute atomic E-state index is 0.0677. The molecule has 0 saturated carbocycles. The van der Waals surface area contributed by atoms with Crippen molar-refractivity contribution in [2.75, 3.05) is 4.90 Å². The third-order valence-electron chi connectivity index (χ3n) is 4.94. The average molecular weight is 373 g/mol. The Labute approximate surface area is 162 Å². The van der Waals surface area contributed by atoms with E-state index in [1.807, 2.05) is 61.1 Å². The summed E-state index contributed by atoms with van der Waals surface area (Å²) in [5.74, 6) is -1.31. The topological polar surface area (TPSA) is 71.4 Å². The second-order valence-corrected chi connectivity index (χ2v) is 6.65. The predicted molar refractivity (Wildman–Crippen MR) is 108 cm³/mol. The van der Waals surface area contributed by atoms with E-state index in [9.17, 15) is 14.4 Å². The van der Waals surface area contributed by atoms with E-state index in [-0.39, 0.29) is 5.57 Å². The second-order valence-electron chi connectivity index (χ2n) is 6.65. The number of anilines is 1. The SMILES string of the molecule is CCc1ccccc1N1C(=O)NC(=O)C(=Cc2cn(C)c3ccccc23)C1=O. The molecule has 6 nitrogen and oxygen atoms in total. The van der Waals surface area contributed by atoms with Crippen LogP contribution in [0, 0.1) is 0 Å². The van der Waals surface area contributed by atoms with Gasteiger partial charge in [0.25, 0.3) is 11.8 Å². The van der Waals surface area contributed by atoms with Gasteiger partial charge in [-0.1, -0.05) is 43.3 Å². The molecule has 0 bridgehead atoms. The summed E-state index contributed by atoms with van der Waals surface area (Å²) in [5.41, 5.74) is 3.01. The lowest BCUT2D eigenvalue weighted by Crippen LogP contribution is -2.54. The number of fused-ring (bicyclic) bond motifs is 1. The first-order valence-electron chi connectivity index (χ1n) is 9.04. The van der Waals surface area contributed by atoms with Crippen molar-refractivity contribution in [3.05, 3.63) is 71.4 Å². The molecule has 1 aliphatic heterocycles. The maximum atomic E-state index is 13.1. The standard InChI is InChI=1S/C22H19N3O3/c1-3-14-8-4-6-10-18(14)25-21(27)17(20(26)23-22(25)28)12-15-13-24(2)19-11-7-5-9-16(15)19/h4-13H,3H2,1-2H3,(H,23,26,28). The van der Waals surface area contributed by atoms with E-state index < -0.39 is 17.8 Å². The van der Waals surface area contributed by atoms with Crippen molar-refractivity contribution < 1.29 is 14.4 Å². The van der Waals surface area contributed by atoms with Gasteiger partial charge in [0, 0.05) is 29.7 Å². The molecule has 0 radical (unpaired) electrons. The molecule has 4 amide bonds. The van der Waals surface area contributed by atoms with Crippen LogP contribution in [0.25, 0.3) is 17.0 Å². The number of benzene rings is 2. The Kier molecular flexibility index (Phi) is 4.31. The molecule has 0 atom stereocenters. The number of para-hydroxylation sites is 2. The van der Waals surface area contributed by atoms with E-state index in [4.69, 9.17) is 0 Å². The highest BCUT2D eigenvalue weighted by Gasteiger charge is 2.37. The fourth-order valence-corrected chi connectivity index (χ4v) is 3.55. The summed E-state index contributed by atoms with van der Waals surface area (Å²) >= 11 is 0. The number of nitrogens with one attached hydrogen (secondary N) is 1. The summed E-state index contributed by atoms with van der Waals surface area (Å²) in [5, 5.41) is 3.21. The van der Waals surface area contributed by atoms with E-state index in [1.165, 1.54) is 0 Å². The molecule has 1 fully saturated rings. The van der Waals surface area contributed by atoms with E-state index in [0.29, 0.717) is 12.1 Å². The first kappa shape index (κ1) is 17.7. The van der Waals surface area contributed by atoms with Gasteiger partial charge in [0.05, 0.1) is 5.69 Å². The lowest BCUT2D eigenvalue weighted by atomic mass is 10.0. The summed E-state index contributed by atoms with van der Waals surface area (Å²) in [6, 6.07) is 14.2. The van der Waals surface area contributed by atoms with E-state index in [1.54, 1.807) is 18.2 Å². The largest absolute Gasteiger partial charge is 0.350 e. The smallest absolute Gasteiger partial charge is 0.335 e. The quantitative estimate of drug-likeness (QED) is 0.565. The molecule has 3 aromatic rings. The van der Waals surface area contributed by atoms with Crippen molar-refractivity contribution in [3.8, 4) is 0 Å². The minimum Gasteiger partial charge on any atom is -0.350 e. The molecule has 4 rings (SSSR count). The third-order valence-corrected chi connectivity index (χ3v) is 4.94. The van der Waals surface area contributed by atoms with Gasteiger partial charge in [0.2, 0.25) is 0 Å². The van der Waals surface area contributed by atoms with Gasteiger partial charge in [0.1, 0.15) is 5.57 Å². The van der Waals surface area contributed by atoms with Gasteiger partial charge in [-0.3, -0.25) is 14.9 Å². The molecule has 1 aromatic heterocycles. The number of rotatable bonds is 3. The predicted octanol–water partition coefficient (Wildman–Crippen LogP) is 3.41. The summed E-state index contributed by atoms with van der Waals surface area (Å²) in [6.07, 6.45) is 4.07. The zero-order valence-electron chi connectivity index (χ0n) is 15.6. The third kappa shape index (κ3) is 2.79. The maximum absolute atomic E-state index is 13.1. The number of amides is 4. The van der Waals surface area contributed by atoms with Gasteiger partial charge in [-0.25, -0.2) is 9.69 Å². The van der Waals surface area contributed by atoms with Crippen molar-refractivity contribution >= 4 is 40.5 Å². The molecule has 28 heavy (non-hydrogen) atoms. The first-order chi connectivity index (χ1) is 13.5. The lowest BCUT2D eigenvalue weighted by Gasteiger charge is -2.27. The number of urea groups is 1. The van der Waals surface area contributed by atoms with Crippen LogP contribution in [0.5, 0.6) is 0 Å². The van der Waals surface area contributed by atoms with Gasteiger partial charge in [-0.05, 0) is 30.2 Å². The summed E-state index contributed by atoms with van der Waals surface area (Å²) in [7, 11) is 1.90. The Morgan fingerprint density at radius 1 is 1.00 bits per heavy atom. The van der Waals surface area contributed by atoms with Crippen molar-refractivity contribution in [2.45, 2.75) is 13.3 Å². The monoisotopic (exact) mass is 373 g/mol. The number of aromatic nitrogens is 1. The Hall–Kier alpha value is -3.67. The molecule has 140 valence electrons. The fourth-order valence-electron chi connectivity index (χ4n) is 3.55. The molecule has 1 saturated heterocycles. The van der Waals surface area contributed by atoms with Crippen LogP contribution in [0.15, 0.2) is 60.3 Å². The van der Waals surface area contributed by atoms with Gasteiger partial charge in [-0.15, -0.1) is 0 Å². The van der Waals surface area contributed by atoms with Crippen molar-refractivity contribution in [2.24, 2.45) is 7.05 Å². The van der Waals surface area contributed by atoms with E-state index >= 15 is 0 Å². The number of hydrogen-bond donors (Lipinski definition) is 1. The number of nitrogens with zero attached hydrogens (tertiary/aromatic N) is 2. The summed E-state index contributed by atoms with van der Waals surface area (Å²) in [4.78, 5) is 39.0. The van der Waals surface area contributed by atoms with Crippen LogP contribution in [0.3, 0.4) is 0 Å². The highest BCUT2D eigenvalue weighted by molar-refractivity contribution is 6.39. The van der Waals surface area contributed by atoms with Crippen molar-refractivity contribution in [3.63, 3.8) is 0 Å². The van der Waals surface area contributed by atoms with Crippen LogP contribution in [0.2, 0.25) is 0 Å². The van der Waals surface area contributed by atoms with Crippen LogP contribution in [0.4, 0.5) is 10.5 Å². The molecule has 2 heterocycles. The van der Waals surface area contributed by atoms with Crippen molar-refractivity contribution in [1.29, 1.82) is 0 Å². The van der Waals surface area contributed by atoms with Crippen LogP contribution in [0.1, 0.15) is 18.1 Å². The Balaban J connectivity index is 1.83. The molecule has 0 unspecified atom stereocenters. The van der Waals surface area contributed by atoms with Crippen LogP contribution < -0.4 is 10.2 Å². The van der Waals surface area contributed by atoms with Crippen molar-refractivity contribution in [1.82, 2.24) is 9.88 Å². The average Bonchev–Trinajstić information content (AvgIpc) is 3.01. The Morgan fingerprint density at radius 3 is 2.50 bits per heavy atom. The Bertz CT molecular complexity index is 1160. The molecule has 0 aliphatic carbocycles. The molecular formula is C22H19N3O3. The maximum Gasteiger partial charge on any atom is 0.335 e. The van der Waals surface area contributed by atoms with E-state index in [2.05, 4.69) is 5.32 Å². The number of imide groups is 2. The highest BCUT2D eigenvalue weighted by Crippen LogP contribution is 2.28. The first-order valence-corrected chi connectivity index (χ1v) is 9.04. The second kappa shape index (κ2) is 6.81. The molecule has 0 spiro atoms. The van der Waals surface area contributed by atoms with Gasteiger partial charge in [0.15, 0.2) is 0 Å². The summed E-state index contributed by atoms with van der Waals surface area (Å²) < 4.78 is 1.93. The Morgan fingerprint density at radius 2 is 1.71 bits per heavy atom. The molecular weight excluding hydrogens is 354 g/mol. The lowest BCUT2D eigenvalue weighted by molar-refractivity contribution is -0.122. The number of carbonyl (C=O) groups is 3. The van der Waals surface area contributed by atoms with E-state index in [0.717, 1.165) is 26.9 Å². The number of aryl methyl sites for hydroxylation is 2. The minimum atomic E-state index is -0.731. The molecule has 1 N–H and O–H groups in total. The number of carbonyl (C=O) groups excluding carboxylic acids is 3. The number of hydrogen-bond acceptors (Lipinski definition) is 3. The normalized spacial score (nSPS) is 16.1. The van der Waals surface area contributed by atoms with Gasteiger partial charge < -0.3 is 4.57 Å². The van der Waals surface area contributed by atoms with Crippen LogP contribution >= 0.6 is 0 Å². The van der Waals surface area contributed by atoms with Crippen LogP contribution in [-0.4, -0.2) is 22.4 Å².